The molecule has 3 fully saturated rings. The van der Waals surface area contributed by atoms with Crippen LogP contribution in [-0.4, -0.2) is 77.4 Å². The van der Waals surface area contributed by atoms with Crippen LogP contribution in [0.15, 0.2) is 30.3 Å². The van der Waals surface area contributed by atoms with E-state index < -0.39 is 0 Å². The van der Waals surface area contributed by atoms with Crippen molar-refractivity contribution in [3.63, 3.8) is 0 Å². The van der Waals surface area contributed by atoms with Gasteiger partial charge in [0.05, 0.1) is 0 Å². The highest BCUT2D eigenvalue weighted by atomic mass is 16.2. The van der Waals surface area contributed by atoms with Crippen LogP contribution in [-0.2, 0) is 11.3 Å². The maximum atomic E-state index is 13.3. The number of piperidine rings is 1. The average molecular weight is 409 g/mol. The Morgan fingerprint density at radius 2 is 1.70 bits per heavy atom. The van der Waals surface area contributed by atoms with Crippen molar-refractivity contribution in [2.24, 2.45) is 11.3 Å². The number of para-hydroxylation sites is 1. The number of rotatable bonds is 3. The summed E-state index contributed by atoms with van der Waals surface area (Å²) in [5, 5.41) is 1.12. The molecule has 3 aliphatic rings. The van der Waals surface area contributed by atoms with E-state index in [1.165, 1.54) is 0 Å². The van der Waals surface area contributed by atoms with Gasteiger partial charge in [-0.1, -0.05) is 18.2 Å². The van der Waals surface area contributed by atoms with Crippen molar-refractivity contribution in [2.45, 2.75) is 32.7 Å². The Balaban J connectivity index is 1.24. The topological polar surface area (TPSA) is 48.8 Å². The van der Waals surface area contributed by atoms with Gasteiger partial charge in [0.25, 0.3) is 5.91 Å². The van der Waals surface area contributed by atoms with Crippen molar-refractivity contribution >= 4 is 22.7 Å². The highest BCUT2D eigenvalue weighted by molar-refractivity contribution is 5.99. The number of fused-ring (bicyclic) bond motifs is 1. The van der Waals surface area contributed by atoms with Crippen LogP contribution in [0, 0.1) is 11.3 Å². The summed E-state index contributed by atoms with van der Waals surface area (Å²) >= 11 is 0. The fourth-order valence-electron chi connectivity index (χ4n) is 5.54. The van der Waals surface area contributed by atoms with Gasteiger partial charge in [0.1, 0.15) is 5.69 Å². The monoisotopic (exact) mass is 408 g/mol. The molecule has 1 atom stereocenters. The number of carbonyl (C=O) groups excluding carboxylic acids is 2. The fraction of sp³-hybridized carbons (Fsp3) is 0.583. The van der Waals surface area contributed by atoms with E-state index in [4.69, 9.17) is 0 Å². The SMILES string of the molecule is CCn1c(C(=O)N2CCC3(CC2)CC3C(=O)N2CCN(C)CC2)cc2ccccc21. The van der Waals surface area contributed by atoms with Crippen molar-refractivity contribution in [1.82, 2.24) is 19.3 Å². The largest absolute Gasteiger partial charge is 0.340 e. The van der Waals surface area contributed by atoms with Gasteiger partial charge < -0.3 is 19.3 Å². The Morgan fingerprint density at radius 3 is 2.40 bits per heavy atom. The molecule has 1 saturated carbocycles. The number of benzene rings is 1. The van der Waals surface area contributed by atoms with Gasteiger partial charge in [0, 0.05) is 62.6 Å². The molecule has 1 aromatic carbocycles. The molecule has 2 amide bonds. The van der Waals surface area contributed by atoms with Gasteiger partial charge in [0.2, 0.25) is 5.91 Å². The van der Waals surface area contributed by atoms with Crippen molar-refractivity contribution in [1.29, 1.82) is 0 Å². The number of hydrogen-bond acceptors (Lipinski definition) is 3. The van der Waals surface area contributed by atoms with Crippen molar-refractivity contribution in [3.05, 3.63) is 36.0 Å². The first kappa shape index (κ1) is 19.6. The molecule has 1 aromatic heterocycles. The standard InChI is InChI=1S/C24H32N4O2/c1-3-28-20-7-5-4-6-18(20)16-21(28)23(30)26-10-8-24(9-11-26)17-19(24)22(29)27-14-12-25(2)13-15-27/h4-7,16,19H,3,8-15,17H2,1-2H3. The minimum absolute atomic E-state index is 0.130. The van der Waals surface area contributed by atoms with Crippen LogP contribution in [0.25, 0.3) is 10.9 Å². The quantitative estimate of drug-likeness (QED) is 0.785. The molecule has 6 nitrogen and oxygen atoms in total. The summed E-state index contributed by atoms with van der Waals surface area (Å²) < 4.78 is 2.12. The first-order chi connectivity index (χ1) is 14.5. The normalized spacial score (nSPS) is 23.9. The number of amides is 2. The summed E-state index contributed by atoms with van der Waals surface area (Å²) in [5.41, 5.74) is 2.06. The molecule has 2 saturated heterocycles. The Hall–Kier alpha value is -2.34. The van der Waals surface area contributed by atoms with E-state index in [-0.39, 0.29) is 17.2 Å². The smallest absolute Gasteiger partial charge is 0.270 e. The van der Waals surface area contributed by atoms with Crippen molar-refractivity contribution < 1.29 is 9.59 Å². The van der Waals surface area contributed by atoms with Crippen LogP contribution >= 0.6 is 0 Å². The minimum Gasteiger partial charge on any atom is -0.340 e. The van der Waals surface area contributed by atoms with Crippen LogP contribution < -0.4 is 0 Å². The van der Waals surface area contributed by atoms with E-state index in [1.54, 1.807) is 0 Å². The van der Waals surface area contributed by atoms with E-state index in [1.807, 2.05) is 23.1 Å². The van der Waals surface area contributed by atoms with E-state index in [0.29, 0.717) is 5.91 Å². The molecule has 160 valence electrons. The van der Waals surface area contributed by atoms with Crippen LogP contribution in [0.4, 0.5) is 0 Å². The summed E-state index contributed by atoms with van der Waals surface area (Å²) in [5.74, 6) is 0.666. The third-order valence-electron chi connectivity index (χ3n) is 7.70. The van der Waals surface area contributed by atoms with Gasteiger partial charge in [-0.15, -0.1) is 0 Å². The highest BCUT2D eigenvalue weighted by Gasteiger charge is 2.59. The van der Waals surface area contributed by atoms with Gasteiger partial charge in [-0.2, -0.15) is 0 Å². The zero-order chi connectivity index (χ0) is 20.9. The highest BCUT2D eigenvalue weighted by Crippen LogP contribution is 2.60. The molecule has 5 rings (SSSR count). The molecule has 2 aromatic rings. The second kappa shape index (κ2) is 7.41. The van der Waals surface area contributed by atoms with Crippen LogP contribution in [0.3, 0.4) is 0 Å². The van der Waals surface area contributed by atoms with Crippen molar-refractivity contribution in [3.8, 4) is 0 Å². The lowest BCUT2D eigenvalue weighted by Crippen LogP contribution is -2.48. The van der Waals surface area contributed by atoms with Gasteiger partial charge >= 0.3 is 0 Å². The Kier molecular flexibility index (Phi) is 4.85. The molecule has 30 heavy (non-hydrogen) atoms. The lowest BCUT2D eigenvalue weighted by molar-refractivity contribution is -0.135. The first-order valence-corrected chi connectivity index (χ1v) is 11.4. The molecule has 0 N–H and O–H groups in total. The van der Waals surface area contributed by atoms with Gasteiger partial charge in [0.15, 0.2) is 0 Å². The Morgan fingerprint density at radius 1 is 1.00 bits per heavy atom. The molecule has 1 unspecified atom stereocenters. The predicted octanol–water partition coefficient (Wildman–Crippen LogP) is 2.68. The molecular weight excluding hydrogens is 376 g/mol. The second-order valence-corrected chi connectivity index (χ2v) is 9.37. The zero-order valence-electron chi connectivity index (χ0n) is 18.1. The van der Waals surface area contributed by atoms with E-state index in [9.17, 15) is 9.59 Å². The molecular formula is C24H32N4O2. The van der Waals surface area contributed by atoms with Gasteiger partial charge in [-0.05, 0) is 50.8 Å². The number of aryl methyl sites for hydroxylation is 1. The molecule has 1 spiro atoms. The van der Waals surface area contributed by atoms with Gasteiger partial charge in [-0.25, -0.2) is 0 Å². The molecule has 0 radical (unpaired) electrons. The number of carbonyl (C=O) groups is 2. The maximum Gasteiger partial charge on any atom is 0.270 e. The summed E-state index contributed by atoms with van der Waals surface area (Å²) in [4.78, 5) is 32.6. The number of likely N-dealkylation sites (tertiary alicyclic amines) is 1. The molecule has 3 heterocycles. The lowest BCUT2D eigenvalue weighted by Gasteiger charge is -2.35. The number of nitrogens with zero attached hydrogens (tertiary/aromatic N) is 4. The predicted molar refractivity (Wildman–Crippen MR) is 117 cm³/mol. The summed E-state index contributed by atoms with van der Waals surface area (Å²) in [6, 6.07) is 10.2. The van der Waals surface area contributed by atoms with Crippen molar-refractivity contribution in [2.75, 3.05) is 46.3 Å². The summed E-state index contributed by atoms with van der Waals surface area (Å²) in [6.07, 6.45) is 2.92. The van der Waals surface area contributed by atoms with E-state index in [0.717, 1.165) is 81.7 Å². The first-order valence-electron chi connectivity index (χ1n) is 11.4. The second-order valence-electron chi connectivity index (χ2n) is 9.37. The van der Waals surface area contributed by atoms with E-state index in [2.05, 4.69) is 40.5 Å². The molecule has 1 aliphatic carbocycles. The Bertz CT molecular complexity index is 965. The average Bonchev–Trinajstić information content (AvgIpc) is 3.33. The summed E-state index contributed by atoms with van der Waals surface area (Å²) in [6.45, 7) is 8.05. The lowest BCUT2D eigenvalue weighted by atomic mass is 9.90. The number of likely N-dealkylation sites (N-methyl/N-ethyl adjacent to an activating group) is 1. The minimum atomic E-state index is 0.130. The molecule has 2 aliphatic heterocycles. The molecule has 0 bridgehead atoms. The van der Waals surface area contributed by atoms with Crippen LogP contribution in [0.2, 0.25) is 0 Å². The third-order valence-corrected chi connectivity index (χ3v) is 7.70. The summed E-state index contributed by atoms with van der Waals surface area (Å²) in [7, 11) is 2.12. The fourth-order valence-corrected chi connectivity index (χ4v) is 5.54. The van der Waals surface area contributed by atoms with Gasteiger partial charge in [-0.3, -0.25) is 9.59 Å². The number of aromatic nitrogens is 1. The van der Waals surface area contributed by atoms with Crippen LogP contribution in [0.1, 0.15) is 36.7 Å². The number of piperazine rings is 1. The third kappa shape index (κ3) is 3.22. The molecule has 6 heteroatoms. The Labute approximate surface area is 178 Å². The zero-order valence-corrected chi connectivity index (χ0v) is 18.1. The van der Waals surface area contributed by atoms with E-state index >= 15 is 0 Å². The number of hydrogen-bond donors (Lipinski definition) is 0. The van der Waals surface area contributed by atoms with Crippen LogP contribution in [0.5, 0.6) is 0 Å². The maximum absolute atomic E-state index is 13.3.